The number of hydrogen-bond acceptors (Lipinski definition) is 5. The Balaban J connectivity index is 1.60. The molecule has 2 amide bonds. The molecule has 0 atom stereocenters. The molecule has 0 radical (unpaired) electrons. The number of thiophene rings is 1. The molecule has 3 rings (SSSR count). The first-order valence-electron chi connectivity index (χ1n) is 7.62. The summed E-state index contributed by atoms with van der Waals surface area (Å²) in [4.78, 5) is 35.3. The lowest BCUT2D eigenvalue weighted by Crippen LogP contribution is -2.22. The predicted octanol–water partition coefficient (Wildman–Crippen LogP) is 2.43. The van der Waals surface area contributed by atoms with E-state index in [1.54, 1.807) is 23.6 Å². The van der Waals surface area contributed by atoms with Crippen molar-refractivity contribution < 1.29 is 19.1 Å². The van der Waals surface area contributed by atoms with Crippen molar-refractivity contribution in [2.24, 2.45) is 5.73 Å². The van der Waals surface area contributed by atoms with Gasteiger partial charge in [-0.2, -0.15) is 0 Å². The van der Waals surface area contributed by atoms with Crippen LogP contribution < -0.4 is 11.1 Å². The summed E-state index contributed by atoms with van der Waals surface area (Å²) in [5.41, 5.74) is 6.57. The third-order valence-corrected chi connectivity index (χ3v) is 4.33. The van der Waals surface area contributed by atoms with Gasteiger partial charge in [0.2, 0.25) is 0 Å². The summed E-state index contributed by atoms with van der Waals surface area (Å²) in [5, 5.41) is 4.47. The lowest BCUT2D eigenvalue weighted by Gasteiger charge is -2.08. The van der Waals surface area contributed by atoms with Gasteiger partial charge in [-0.1, -0.05) is 6.07 Å². The zero-order chi connectivity index (χ0) is 18.5. The Morgan fingerprint density at radius 2 is 1.88 bits per heavy atom. The van der Waals surface area contributed by atoms with E-state index < -0.39 is 24.4 Å². The van der Waals surface area contributed by atoms with Crippen molar-refractivity contribution >= 4 is 34.1 Å². The highest BCUT2D eigenvalue weighted by Crippen LogP contribution is 2.22. The van der Waals surface area contributed by atoms with Crippen molar-refractivity contribution in [2.45, 2.75) is 0 Å². The molecule has 132 valence electrons. The maximum absolute atomic E-state index is 12.2. The molecule has 0 aliphatic heterocycles. The molecule has 0 saturated carbocycles. The molecule has 7 nitrogen and oxygen atoms in total. The predicted molar refractivity (Wildman–Crippen MR) is 97.5 cm³/mol. The van der Waals surface area contributed by atoms with Crippen molar-refractivity contribution in [2.75, 3.05) is 11.9 Å². The van der Waals surface area contributed by atoms with Gasteiger partial charge in [-0.15, -0.1) is 11.3 Å². The molecule has 26 heavy (non-hydrogen) atoms. The number of carbonyl (C=O) groups excluding carboxylic acids is 3. The van der Waals surface area contributed by atoms with Gasteiger partial charge in [0.15, 0.2) is 6.61 Å². The molecule has 0 fully saturated rings. The number of anilines is 1. The molecule has 0 saturated heterocycles. The first-order chi connectivity index (χ1) is 12.5. The summed E-state index contributed by atoms with van der Waals surface area (Å²) in [7, 11) is 0. The van der Waals surface area contributed by atoms with Gasteiger partial charge in [-0.3, -0.25) is 9.59 Å². The van der Waals surface area contributed by atoms with E-state index in [-0.39, 0.29) is 5.56 Å². The van der Waals surface area contributed by atoms with Crippen molar-refractivity contribution in [3.8, 4) is 5.69 Å². The molecule has 2 aromatic heterocycles. The van der Waals surface area contributed by atoms with E-state index >= 15 is 0 Å². The number of aromatic nitrogens is 1. The average Bonchev–Trinajstić information content (AvgIpc) is 3.31. The minimum absolute atomic E-state index is 0.217. The van der Waals surface area contributed by atoms with Crippen LogP contribution in [-0.2, 0) is 9.53 Å². The molecule has 0 spiro atoms. The Bertz CT molecular complexity index is 947. The molecular formula is C18H15N3O4S. The maximum atomic E-state index is 12.2. The van der Waals surface area contributed by atoms with Crippen LogP contribution >= 0.6 is 11.3 Å². The van der Waals surface area contributed by atoms with E-state index in [4.69, 9.17) is 10.5 Å². The minimum atomic E-state index is -0.639. The number of benzene rings is 1. The first-order valence-corrected chi connectivity index (χ1v) is 8.50. The summed E-state index contributed by atoms with van der Waals surface area (Å²) in [6.07, 6.45) is 3.71. The summed E-state index contributed by atoms with van der Waals surface area (Å²) >= 11 is 1.16. The monoisotopic (exact) mass is 369 g/mol. The first kappa shape index (κ1) is 17.4. The van der Waals surface area contributed by atoms with Gasteiger partial charge in [-0.25, -0.2) is 4.79 Å². The van der Waals surface area contributed by atoms with Crippen LogP contribution in [0.4, 0.5) is 5.00 Å². The molecule has 0 unspecified atom stereocenters. The van der Waals surface area contributed by atoms with Gasteiger partial charge >= 0.3 is 5.97 Å². The lowest BCUT2D eigenvalue weighted by molar-refractivity contribution is -0.119. The van der Waals surface area contributed by atoms with E-state index in [1.165, 1.54) is 6.07 Å². The molecule has 0 aliphatic carbocycles. The van der Waals surface area contributed by atoms with E-state index in [0.717, 1.165) is 17.0 Å². The van der Waals surface area contributed by atoms with Crippen LogP contribution in [0.25, 0.3) is 5.69 Å². The topological polar surface area (TPSA) is 103 Å². The largest absolute Gasteiger partial charge is 0.452 e. The average molecular weight is 369 g/mol. The summed E-state index contributed by atoms with van der Waals surface area (Å²) in [6.45, 7) is -0.470. The van der Waals surface area contributed by atoms with Crippen molar-refractivity contribution in [3.05, 3.63) is 71.4 Å². The number of hydrogen-bond donors (Lipinski definition) is 2. The zero-order valence-electron chi connectivity index (χ0n) is 13.5. The van der Waals surface area contributed by atoms with Gasteiger partial charge in [0.1, 0.15) is 5.00 Å². The van der Waals surface area contributed by atoms with Crippen molar-refractivity contribution in [1.29, 1.82) is 0 Å². The van der Waals surface area contributed by atoms with E-state index in [2.05, 4.69) is 5.32 Å². The second-order valence-corrected chi connectivity index (χ2v) is 6.21. The third-order valence-electron chi connectivity index (χ3n) is 3.50. The number of rotatable bonds is 6. The zero-order valence-corrected chi connectivity index (χ0v) is 14.4. The smallest absolute Gasteiger partial charge is 0.338 e. The highest BCUT2D eigenvalue weighted by Gasteiger charge is 2.15. The highest BCUT2D eigenvalue weighted by atomic mass is 32.1. The second-order valence-electron chi connectivity index (χ2n) is 5.29. The van der Waals surface area contributed by atoms with Crippen LogP contribution in [0.15, 0.2) is 60.2 Å². The summed E-state index contributed by atoms with van der Waals surface area (Å²) in [6, 6.07) is 12.1. The van der Waals surface area contributed by atoms with Gasteiger partial charge < -0.3 is 20.4 Å². The Morgan fingerprint density at radius 3 is 2.62 bits per heavy atom. The number of esters is 1. The fourth-order valence-electron chi connectivity index (χ4n) is 2.28. The number of amides is 2. The Labute approximate surface area is 153 Å². The van der Waals surface area contributed by atoms with Crippen LogP contribution in [0, 0.1) is 0 Å². The van der Waals surface area contributed by atoms with Crippen LogP contribution in [0.2, 0.25) is 0 Å². The van der Waals surface area contributed by atoms with E-state index in [0.29, 0.717) is 10.6 Å². The fraction of sp³-hybridized carbons (Fsp3) is 0.0556. The maximum Gasteiger partial charge on any atom is 0.338 e. The number of nitrogens with zero attached hydrogens (tertiary/aromatic N) is 1. The van der Waals surface area contributed by atoms with Crippen molar-refractivity contribution in [3.63, 3.8) is 0 Å². The SMILES string of the molecule is NC(=O)c1ccsc1NC(=O)COC(=O)c1cccc(-n2cccc2)c1. The quantitative estimate of drug-likeness (QED) is 0.651. The summed E-state index contributed by atoms with van der Waals surface area (Å²) < 4.78 is 6.89. The molecule has 2 heterocycles. The Kier molecular flexibility index (Phi) is 5.14. The van der Waals surface area contributed by atoms with Gasteiger partial charge in [0.05, 0.1) is 11.1 Å². The van der Waals surface area contributed by atoms with E-state index in [1.807, 2.05) is 35.2 Å². The highest BCUT2D eigenvalue weighted by molar-refractivity contribution is 7.14. The Hall–Kier alpha value is -3.39. The minimum Gasteiger partial charge on any atom is -0.452 e. The summed E-state index contributed by atoms with van der Waals surface area (Å²) in [5.74, 6) is -1.80. The van der Waals surface area contributed by atoms with Crippen LogP contribution in [0.1, 0.15) is 20.7 Å². The van der Waals surface area contributed by atoms with E-state index in [9.17, 15) is 14.4 Å². The Morgan fingerprint density at radius 1 is 1.12 bits per heavy atom. The molecular weight excluding hydrogens is 354 g/mol. The second kappa shape index (κ2) is 7.66. The molecule has 0 aliphatic rings. The molecule has 8 heteroatoms. The normalized spacial score (nSPS) is 10.3. The lowest BCUT2D eigenvalue weighted by atomic mass is 10.2. The van der Waals surface area contributed by atoms with Gasteiger partial charge in [-0.05, 0) is 41.8 Å². The number of ether oxygens (including phenoxy) is 1. The molecule has 0 bridgehead atoms. The number of nitrogens with one attached hydrogen (secondary N) is 1. The number of carbonyl (C=O) groups is 3. The van der Waals surface area contributed by atoms with Crippen molar-refractivity contribution in [1.82, 2.24) is 4.57 Å². The fourth-order valence-corrected chi connectivity index (χ4v) is 3.09. The molecule has 1 aromatic carbocycles. The molecule has 3 aromatic rings. The van der Waals surface area contributed by atoms with Gasteiger partial charge in [0.25, 0.3) is 11.8 Å². The van der Waals surface area contributed by atoms with Crippen LogP contribution in [-0.4, -0.2) is 29.0 Å². The standard InChI is InChI=1S/C18H15N3O4S/c19-16(23)14-6-9-26-17(14)20-15(22)11-25-18(24)12-4-3-5-13(10-12)21-7-1-2-8-21/h1-10H,11H2,(H2,19,23)(H,20,22). The molecule has 3 N–H and O–H groups in total. The third kappa shape index (κ3) is 3.98. The van der Waals surface area contributed by atoms with Crippen LogP contribution in [0.5, 0.6) is 0 Å². The number of nitrogens with two attached hydrogens (primary N) is 1. The van der Waals surface area contributed by atoms with Gasteiger partial charge in [0, 0.05) is 18.1 Å². The number of primary amides is 1. The van der Waals surface area contributed by atoms with Crippen LogP contribution in [0.3, 0.4) is 0 Å².